The summed E-state index contributed by atoms with van der Waals surface area (Å²) in [5, 5.41) is 10.1. The Morgan fingerprint density at radius 3 is 1.91 bits per heavy atom. The van der Waals surface area contributed by atoms with Crippen LogP contribution >= 0.6 is 0 Å². The first kappa shape index (κ1) is 26.6. The Morgan fingerprint density at radius 1 is 0.824 bits per heavy atom. The summed E-state index contributed by atoms with van der Waals surface area (Å²) < 4.78 is 32.5. The van der Waals surface area contributed by atoms with Crippen LogP contribution in [-0.4, -0.2) is 72.1 Å². The molecule has 5 atom stereocenters. The highest BCUT2D eigenvalue weighted by Gasteiger charge is 2.53. The molecule has 1 aromatic carbocycles. The lowest BCUT2D eigenvalue weighted by atomic mass is 9.98. The summed E-state index contributed by atoms with van der Waals surface area (Å²) in [5.74, 6) is -4.05. The van der Waals surface area contributed by atoms with Crippen LogP contribution < -0.4 is 4.74 Å². The number of carbonyl (C=O) groups excluding carboxylic acids is 5. The number of carbonyl (C=O) groups is 5. The first-order chi connectivity index (χ1) is 15.9. The zero-order valence-electron chi connectivity index (χ0n) is 19.3. The molecule has 0 spiro atoms. The number of rotatable bonds is 8. The highest BCUT2D eigenvalue weighted by molar-refractivity contribution is 5.99. The van der Waals surface area contributed by atoms with Crippen molar-refractivity contribution in [3.8, 4) is 11.5 Å². The minimum Gasteiger partial charge on any atom is -0.507 e. The number of ether oxygens (including phenoxy) is 6. The van der Waals surface area contributed by atoms with Gasteiger partial charge in [0.2, 0.25) is 12.4 Å². The maximum Gasteiger partial charge on any atom is 0.303 e. The smallest absolute Gasteiger partial charge is 0.303 e. The van der Waals surface area contributed by atoms with E-state index in [2.05, 4.69) is 0 Å². The second-order valence-corrected chi connectivity index (χ2v) is 7.39. The minimum atomic E-state index is -1.53. The number of hydrogen-bond acceptors (Lipinski definition) is 12. The summed E-state index contributed by atoms with van der Waals surface area (Å²) in [5.41, 5.74) is -0.171. The summed E-state index contributed by atoms with van der Waals surface area (Å²) in [6, 6.07) is 4.05. The molecule has 0 amide bonds. The standard InChI is InChI=1S/C22H26O12/c1-10(23)18-15(28)7-6-8-16(18)33-22-21(32-14(5)27)20(31-13(4)26)19(30-12(3)25)17(34-22)9-29-11(2)24/h6-8,17,19-22,28H,9H2,1-5H3. The fourth-order valence-electron chi connectivity index (χ4n) is 3.38. The predicted molar refractivity (Wildman–Crippen MR) is 111 cm³/mol. The van der Waals surface area contributed by atoms with Gasteiger partial charge in [0.25, 0.3) is 0 Å². The van der Waals surface area contributed by atoms with Gasteiger partial charge >= 0.3 is 23.9 Å². The molecule has 1 N–H and O–H groups in total. The van der Waals surface area contributed by atoms with Gasteiger partial charge < -0.3 is 33.5 Å². The Kier molecular flexibility index (Phi) is 8.96. The zero-order valence-corrected chi connectivity index (χ0v) is 19.3. The maximum absolute atomic E-state index is 12.1. The van der Waals surface area contributed by atoms with Gasteiger partial charge in [0.05, 0.1) is 0 Å². The van der Waals surface area contributed by atoms with Gasteiger partial charge in [-0.1, -0.05) is 6.07 Å². The van der Waals surface area contributed by atoms with E-state index in [1.165, 1.54) is 25.1 Å². The number of phenolic OH excluding ortho intramolecular Hbond substituents is 1. The third-order valence-electron chi connectivity index (χ3n) is 4.55. The highest BCUT2D eigenvalue weighted by atomic mass is 16.7. The highest BCUT2D eigenvalue weighted by Crippen LogP contribution is 2.34. The summed E-state index contributed by atoms with van der Waals surface area (Å²) in [6.07, 6.45) is -6.99. The molecule has 0 aliphatic carbocycles. The summed E-state index contributed by atoms with van der Waals surface area (Å²) in [6.45, 7) is 5.19. The molecule has 5 unspecified atom stereocenters. The molecule has 1 saturated heterocycles. The minimum absolute atomic E-state index is 0.117. The Hall–Kier alpha value is -3.67. The van der Waals surface area contributed by atoms with Crippen LogP contribution in [0.3, 0.4) is 0 Å². The van der Waals surface area contributed by atoms with E-state index in [0.717, 1.165) is 27.7 Å². The van der Waals surface area contributed by atoms with E-state index >= 15 is 0 Å². The number of hydrogen-bond donors (Lipinski definition) is 1. The Balaban J connectivity index is 2.55. The summed E-state index contributed by atoms with van der Waals surface area (Å²) in [4.78, 5) is 58.9. The fourth-order valence-corrected chi connectivity index (χ4v) is 3.38. The first-order valence-electron chi connectivity index (χ1n) is 10.2. The van der Waals surface area contributed by atoms with E-state index in [0.29, 0.717) is 0 Å². The van der Waals surface area contributed by atoms with Crippen molar-refractivity contribution in [2.45, 2.75) is 65.3 Å². The van der Waals surface area contributed by atoms with Gasteiger partial charge in [-0.25, -0.2) is 0 Å². The molecule has 12 heteroatoms. The SMILES string of the molecule is CC(=O)OCC1OC(Oc2cccc(O)c2C(C)=O)C(OC(C)=O)C(OC(C)=O)C1OC(C)=O. The van der Waals surface area contributed by atoms with Crippen LogP contribution in [-0.2, 0) is 42.9 Å². The summed E-state index contributed by atoms with van der Waals surface area (Å²) >= 11 is 0. The average molecular weight is 482 g/mol. The molecule has 2 rings (SSSR count). The van der Waals surface area contributed by atoms with E-state index in [4.69, 9.17) is 28.4 Å². The molecular formula is C22H26O12. The summed E-state index contributed by atoms with van der Waals surface area (Å²) in [7, 11) is 0. The van der Waals surface area contributed by atoms with Crippen molar-refractivity contribution in [3.63, 3.8) is 0 Å². The van der Waals surface area contributed by atoms with Crippen LogP contribution in [0.4, 0.5) is 0 Å². The molecule has 1 fully saturated rings. The van der Waals surface area contributed by atoms with E-state index in [-0.39, 0.29) is 17.1 Å². The predicted octanol–water partition coefficient (Wildman–Crippen LogP) is 1.06. The molecule has 0 saturated carbocycles. The quantitative estimate of drug-likeness (QED) is 0.319. The van der Waals surface area contributed by atoms with Crippen LogP contribution in [0.1, 0.15) is 45.0 Å². The fraction of sp³-hybridized carbons (Fsp3) is 0.500. The zero-order chi connectivity index (χ0) is 25.6. The van der Waals surface area contributed by atoms with E-state index in [9.17, 15) is 29.1 Å². The first-order valence-corrected chi connectivity index (χ1v) is 10.2. The van der Waals surface area contributed by atoms with Crippen LogP contribution in [0, 0.1) is 0 Å². The van der Waals surface area contributed by atoms with E-state index in [1.54, 1.807) is 0 Å². The molecule has 12 nitrogen and oxygen atoms in total. The number of benzene rings is 1. The van der Waals surface area contributed by atoms with Gasteiger partial charge in [-0.05, 0) is 19.1 Å². The largest absolute Gasteiger partial charge is 0.507 e. The van der Waals surface area contributed by atoms with Crippen molar-refractivity contribution in [2.75, 3.05) is 6.61 Å². The third kappa shape index (κ3) is 6.91. The van der Waals surface area contributed by atoms with Gasteiger partial charge in [-0.3, -0.25) is 24.0 Å². The number of phenols is 1. The van der Waals surface area contributed by atoms with Crippen LogP contribution in [0.5, 0.6) is 11.5 Å². The molecule has 1 aliphatic rings. The molecule has 34 heavy (non-hydrogen) atoms. The molecule has 0 aromatic heterocycles. The number of esters is 4. The topological polar surface area (TPSA) is 161 Å². The Labute approximate surface area is 195 Å². The van der Waals surface area contributed by atoms with Crippen molar-refractivity contribution in [1.29, 1.82) is 0 Å². The molecule has 186 valence electrons. The molecule has 1 aromatic rings. The van der Waals surface area contributed by atoms with Crippen molar-refractivity contribution < 1.29 is 57.5 Å². The van der Waals surface area contributed by atoms with Crippen molar-refractivity contribution in [1.82, 2.24) is 0 Å². The van der Waals surface area contributed by atoms with Crippen molar-refractivity contribution in [2.24, 2.45) is 0 Å². The monoisotopic (exact) mass is 482 g/mol. The van der Waals surface area contributed by atoms with Crippen LogP contribution in [0.2, 0.25) is 0 Å². The van der Waals surface area contributed by atoms with Gasteiger partial charge in [0.1, 0.15) is 29.8 Å². The maximum atomic E-state index is 12.1. The molecule has 1 heterocycles. The van der Waals surface area contributed by atoms with Gasteiger partial charge in [-0.15, -0.1) is 0 Å². The van der Waals surface area contributed by atoms with Crippen LogP contribution in [0.15, 0.2) is 18.2 Å². The Morgan fingerprint density at radius 2 is 1.38 bits per heavy atom. The van der Waals surface area contributed by atoms with E-state index in [1.807, 2.05) is 0 Å². The molecule has 0 bridgehead atoms. The molecule has 1 aliphatic heterocycles. The number of Topliss-reactive ketones (excluding diaryl/α,β-unsaturated/α-hetero) is 1. The third-order valence-corrected chi connectivity index (χ3v) is 4.55. The van der Waals surface area contributed by atoms with Crippen LogP contribution in [0.25, 0.3) is 0 Å². The number of ketones is 1. The normalized spacial score (nSPS) is 23.9. The average Bonchev–Trinajstić information content (AvgIpc) is 2.69. The lowest BCUT2D eigenvalue weighted by Crippen LogP contribution is -2.63. The second kappa shape index (κ2) is 11.5. The van der Waals surface area contributed by atoms with Crippen molar-refractivity contribution >= 4 is 29.7 Å². The Bertz CT molecular complexity index is 955. The van der Waals surface area contributed by atoms with E-state index < -0.39 is 67.0 Å². The van der Waals surface area contributed by atoms with Gasteiger partial charge in [-0.2, -0.15) is 0 Å². The lowest BCUT2D eigenvalue weighted by Gasteiger charge is -2.44. The van der Waals surface area contributed by atoms with Gasteiger partial charge in [0.15, 0.2) is 18.0 Å². The second-order valence-electron chi connectivity index (χ2n) is 7.39. The number of aromatic hydroxyl groups is 1. The molecular weight excluding hydrogens is 456 g/mol. The molecule has 0 radical (unpaired) electrons. The van der Waals surface area contributed by atoms with Crippen molar-refractivity contribution in [3.05, 3.63) is 23.8 Å². The van der Waals surface area contributed by atoms with Gasteiger partial charge in [0, 0.05) is 27.7 Å². The lowest BCUT2D eigenvalue weighted by molar-refractivity contribution is -0.288.